The van der Waals surface area contributed by atoms with Crippen molar-refractivity contribution in [2.24, 2.45) is 0 Å². The third-order valence-corrected chi connectivity index (χ3v) is 2.41. The van der Waals surface area contributed by atoms with Gasteiger partial charge in [-0.15, -0.1) is 11.8 Å². The summed E-state index contributed by atoms with van der Waals surface area (Å²) in [4.78, 5) is 8.03. The zero-order chi connectivity index (χ0) is 11.1. The number of thioether (sulfide) groups is 1. The molecule has 0 spiro atoms. The van der Waals surface area contributed by atoms with Gasteiger partial charge in [-0.2, -0.15) is 5.26 Å². The van der Waals surface area contributed by atoms with Crippen LogP contribution in [0.4, 0.5) is 5.82 Å². The Kier molecular flexibility index (Phi) is 4.87. The molecular weight excluding hydrogens is 212 g/mol. The van der Waals surface area contributed by atoms with Crippen molar-refractivity contribution in [1.29, 1.82) is 5.26 Å². The van der Waals surface area contributed by atoms with E-state index in [0.29, 0.717) is 29.6 Å². The molecule has 0 radical (unpaired) electrons. The van der Waals surface area contributed by atoms with Crippen LogP contribution in [0.3, 0.4) is 0 Å². The number of nitrogens with zero attached hydrogens (tertiary/aromatic N) is 3. The number of hydrogen-bond donors (Lipinski definition) is 1. The highest BCUT2D eigenvalue weighted by atomic mass is 32.2. The SMILES string of the molecule is COCCNc1ncnc(SC)c1C#N. The molecule has 0 saturated carbocycles. The number of aromatic nitrogens is 2. The summed E-state index contributed by atoms with van der Waals surface area (Å²) < 4.78 is 4.90. The van der Waals surface area contributed by atoms with E-state index >= 15 is 0 Å². The Hall–Kier alpha value is -1.32. The van der Waals surface area contributed by atoms with Gasteiger partial charge in [-0.25, -0.2) is 9.97 Å². The monoisotopic (exact) mass is 224 g/mol. The van der Waals surface area contributed by atoms with Crippen molar-refractivity contribution in [3.05, 3.63) is 11.9 Å². The number of rotatable bonds is 5. The number of nitrogens with one attached hydrogen (secondary N) is 1. The topological polar surface area (TPSA) is 70.8 Å². The number of anilines is 1. The standard InChI is InChI=1S/C9H12N4OS/c1-14-4-3-11-8-7(5-10)9(15-2)13-6-12-8/h6H,3-4H2,1-2H3,(H,11,12,13). The zero-order valence-corrected chi connectivity index (χ0v) is 9.47. The summed E-state index contributed by atoms with van der Waals surface area (Å²) in [6.07, 6.45) is 3.32. The minimum Gasteiger partial charge on any atom is -0.383 e. The molecule has 1 aromatic rings. The lowest BCUT2D eigenvalue weighted by molar-refractivity contribution is 0.210. The van der Waals surface area contributed by atoms with Crippen LogP contribution in [-0.2, 0) is 4.74 Å². The molecule has 0 atom stereocenters. The van der Waals surface area contributed by atoms with Crippen LogP contribution in [-0.4, -0.2) is 36.5 Å². The van der Waals surface area contributed by atoms with Gasteiger partial charge < -0.3 is 10.1 Å². The molecule has 0 aromatic carbocycles. The second kappa shape index (κ2) is 6.22. The Morgan fingerprint density at radius 3 is 3.00 bits per heavy atom. The van der Waals surface area contributed by atoms with Crippen LogP contribution in [0.25, 0.3) is 0 Å². The van der Waals surface area contributed by atoms with Gasteiger partial charge in [-0.05, 0) is 6.26 Å². The van der Waals surface area contributed by atoms with Gasteiger partial charge in [0.05, 0.1) is 6.61 Å². The van der Waals surface area contributed by atoms with Crippen LogP contribution in [0.15, 0.2) is 11.4 Å². The van der Waals surface area contributed by atoms with E-state index in [2.05, 4.69) is 21.4 Å². The Labute approximate surface area is 92.9 Å². The minimum atomic E-state index is 0.487. The summed E-state index contributed by atoms with van der Waals surface area (Å²) in [5.74, 6) is 0.564. The van der Waals surface area contributed by atoms with Crippen molar-refractivity contribution in [2.45, 2.75) is 5.03 Å². The molecule has 0 aliphatic rings. The number of ether oxygens (including phenoxy) is 1. The first kappa shape index (κ1) is 11.8. The molecule has 1 aromatic heterocycles. The van der Waals surface area contributed by atoms with Crippen LogP contribution in [0.2, 0.25) is 0 Å². The van der Waals surface area contributed by atoms with Crippen molar-refractivity contribution in [2.75, 3.05) is 31.8 Å². The van der Waals surface area contributed by atoms with Gasteiger partial charge >= 0.3 is 0 Å². The highest BCUT2D eigenvalue weighted by molar-refractivity contribution is 7.98. The van der Waals surface area contributed by atoms with Crippen LogP contribution in [0.1, 0.15) is 5.56 Å². The predicted molar refractivity (Wildman–Crippen MR) is 58.9 cm³/mol. The van der Waals surface area contributed by atoms with E-state index in [1.54, 1.807) is 7.11 Å². The van der Waals surface area contributed by atoms with E-state index < -0.39 is 0 Å². The fraction of sp³-hybridized carbons (Fsp3) is 0.444. The molecule has 15 heavy (non-hydrogen) atoms. The van der Waals surface area contributed by atoms with Crippen molar-refractivity contribution in [3.63, 3.8) is 0 Å². The summed E-state index contributed by atoms with van der Waals surface area (Å²) in [7, 11) is 1.63. The highest BCUT2D eigenvalue weighted by Gasteiger charge is 2.09. The lowest BCUT2D eigenvalue weighted by Gasteiger charge is -2.07. The molecule has 1 N–H and O–H groups in total. The summed E-state index contributed by atoms with van der Waals surface area (Å²) in [6.45, 7) is 1.19. The van der Waals surface area contributed by atoms with Crippen LogP contribution >= 0.6 is 11.8 Å². The molecule has 0 fully saturated rings. The zero-order valence-electron chi connectivity index (χ0n) is 8.65. The molecule has 1 heterocycles. The van der Waals surface area contributed by atoms with Crippen molar-refractivity contribution < 1.29 is 4.74 Å². The van der Waals surface area contributed by atoms with E-state index in [1.165, 1.54) is 18.1 Å². The number of hydrogen-bond acceptors (Lipinski definition) is 6. The highest BCUT2D eigenvalue weighted by Crippen LogP contribution is 2.21. The van der Waals surface area contributed by atoms with Gasteiger partial charge in [0.25, 0.3) is 0 Å². The fourth-order valence-electron chi connectivity index (χ4n) is 1.03. The normalized spacial score (nSPS) is 9.67. The van der Waals surface area contributed by atoms with Gasteiger partial charge in [-0.1, -0.05) is 0 Å². The molecule has 6 heteroatoms. The molecule has 0 aliphatic heterocycles. The second-order valence-electron chi connectivity index (χ2n) is 2.64. The van der Waals surface area contributed by atoms with Crippen LogP contribution in [0.5, 0.6) is 0 Å². The van der Waals surface area contributed by atoms with E-state index in [0.717, 1.165) is 0 Å². The Morgan fingerprint density at radius 2 is 2.40 bits per heavy atom. The van der Waals surface area contributed by atoms with Gasteiger partial charge in [0.15, 0.2) is 0 Å². The van der Waals surface area contributed by atoms with Crippen molar-refractivity contribution >= 4 is 17.6 Å². The molecule has 1 rings (SSSR count). The molecule has 80 valence electrons. The van der Waals surface area contributed by atoms with Gasteiger partial charge in [0.2, 0.25) is 0 Å². The maximum absolute atomic E-state index is 8.97. The third-order valence-electron chi connectivity index (χ3n) is 1.72. The summed E-state index contributed by atoms with van der Waals surface area (Å²) in [5.41, 5.74) is 0.487. The van der Waals surface area contributed by atoms with E-state index in [9.17, 15) is 0 Å². The average Bonchev–Trinajstić information content (AvgIpc) is 2.29. The third kappa shape index (κ3) is 3.08. The predicted octanol–water partition coefficient (Wildman–Crippen LogP) is 1.13. The summed E-state index contributed by atoms with van der Waals surface area (Å²) >= 11 is 1.43. The smallest absolute Gasteiger partial charge is 0.148 e. The summed E-state index contributed by atoms with van der Waals surface area (Å²) in [6, 6.07) is 2.09. The number of methoxy groups -OCH3 is 1. The fourth-order valence-corrected chi connectivity index (χ4v) is 1.53. The molecule has 0 bridgehead atoms. The average molecular weight is 224 g/mol. The van der Waals surface area contributed by atoms with Gasteiger partial charge in [0.1, 0.15) is 28.8 Å². The molecule has 0 unspecified atom stereocenters. The first-order valence-electron chi connectivity index (χ1n) is 4.35. The van der Waals surface area contributed by atoms with Crippen molar-refractivity contribution in [1.82, 2.24) is 9.97 Å². The first-order chi connectivity index (χ1) is 7.33. The molecular formula is C9H12N4OS. The van der Waals surface area contributed by atoms with Crippen LogP contribution in [0, 0.1) is 11.3 Å². The maximum Gasteiger partial charge on any atom is 0.148 e. The Balaban J connectivity index is 2.83. The molecule has 0 amide bonds. The quantitative estimate of drug-likeness (QED) is 0.459. The molecule has 5 nitrogen and oxygen atoms in total. The Bertz CT molecular complexity index is 364. The van der Waals surface area contributed by atoms with Crippen molar-refractivity contribution in [3.8, 4) is 6.07 Å². The van der Waals surface area contributed by atoms with Gasteiger partial charge in [-0.3, -0.25) is 0 Å². The number of nitriles is 1. The van der Waals surface area contributed by atoms with E-state index in [-0.39, 0.29) is 0 Å². The largest absolute Gasteiger partial charge is 0.383 e. The lowest BCUT2D eigenvalue weighted by atomic mass is 10.3. The lowest BCUT2D eigenvalue weighted by Crippen LogP contribution is -2.10. The second-order valence-corrected chi connectivity index (χ2v) is 3.43. The summed E-state index contributed by atoms with van der Waals surface area (Å²) in [5, 5.41) is 12.7. The first-order valence-corrected chi connectivity index (χ1v) is 5.57. The van der Waals surface area contributed by atoms with Crippen LogP contribution < -0.4 is 5.32 Å². The molecule has 0 aliphatic carbocycles. The van der Waals surface area contributed by atoms with Gasteiger partial charge in [0, 0.05) is 13.7 Å². The van der Waals surface area contributed by atoms with E-state index in [1.807, 2.05) is 6.26 Å². The van der Waals surface area contributed by atoms with E-state index in [4.69, 9.17) is 10.00 Å². The maximum atomic E-state index is 8.97. The Morgan fingerprint density at radius 1 is 1.60 bits per heavy atom. The minimum absolute atomic E-state index is 0.487. The molecule has 0 saturated heterocycles.